The van der Waals surface area contributed by atoms with E-state index in [9.17, 15) is 4.79 Å². The summed E-state index contributed by atoms with van der Waals surface area (Å²) in [5.41, 5.74) is 2.96. The summed E-state index contributed by atoms with van der Waals surface area (Å²) in [6.45, 7) is 0. The molecular weight excluding hydrogens is 296 g/mol. The monoisotopic (exact) mass is 316 g/mol. The van der Waals surface area contributed by atoms with Crippen molar-refractivity contribution in [3.05, 3.63) is 102 Å². The first-order valence-corrected chi connectivity index (χ1v) is 7.95. The van der Waals surface area contributed by atoms with Gasteiger partial charge in [0.15, 0.2) is 0 Å². The van der Waals surface area contributed by atoms with E-state index in [1.807, 2.05) is 91.0 Å². The van der Waals surface area contributed by atoms with Crippen molar-refractivity contribution in [2.75, 3.05) is 11.9 Å². The smallest absolute Gasteiger partial charge is 0.322 e. The Morgan fingerprint density at radius 3 is 1.62 bits per heavy atom. The number of benzene rings is 3. The van der Waals surface area contributed by atoms with Crippen LogP contribution in [0.1, 0.15) is 17.2 Å². The van der Waals surface area contributed by atoms with E-state index >= 15 is 0 Å². The first kappa shape index (κ1) is 15.8. The molecule has 3 heteroatoms. The van der Waals surface area contributed by atoms with E-state index in [4.69, 9.17) is 0 Å². The van der Waals surface area contributed by atoms with Crippen LogP contribution in [0.3, 0.4) is 0 Å². The van der Waals surface area contributed by atoms with E-state index in [0.29, 0.717) is 0 Å². The van der Waals surface area contributed by atoms with E-state index in [0.717, 1.165) is 16.8 Å². The van der Waals surface area contributed by atoms with Gasteiger partial charge in [0.1, 0.15) is 0 Å². The normalized spacial score (nSPS) is 10.4. The van der Waals surface area contributed by atoms with Gasteiger partial charge in [-0.1, -0.05) is 78.9 Å². The van der Waals surface area contributed by atoms with E-state index in [1.165, 1.54) is 0 Å². The van der Waals surface area contributed by atoms with Crippen LogP contribution >= 0.6 is 0 Å². The lowest BCUT2D eigenvalue weighted by molar-refractivity contribution is 0.245. The topological polar surface area (TPSA) is 32.3 Å². The Labute approximate surface area is 142 Å². The molecule has 0 aliphatic carbocycles. The van der Waals surface area contributed by atoms with Gasteiger partial charge in [0.2, 0.25) is 0 Å². The number of nitrogens with zero attached hydrogens (tertiary/aromatic N) is 1. The predicted molar refractivity (Wildman–Crippen MR) is 98.1 cm³/mol. The second-order valence-corrected chi connectivity index (χ2v) is 5.60. The Morgan fingerprint density at radius 1 is 0.750 bits per heavy atom. The summed E-state index contributed by atoms with van der Waals surface area (Å²) in [5, 5.41) is 3.13. The molecule has 1 N–H and O–H groups in total. The predicted octanol–water partition coefficient (Wildman–Crippen LogP) is 4.62. The maximum Gasteiger partial charge on any atom is 0.322 e. The van der Waals surface area contributed by atoms with Crippen molar-refractivity contribution >= 4 is 11.7 Å². The van der Waals surface area contributed by atoms with Crippen LogP contribution in [0.4, 0.5) is 10.5 Å². The van der Waals surface area contributed by atoms with Gasteiger partial charge in [-0.3, -0.25) is 4.90 Å². The van der Waals surface area contributed by atoms with Crippen LogP contribution < -0.4 is 10.2 Å². The lowest BCUT2D eigenvalue weighted by Gasteiger charge is -2.24. The zero-order valence-corrected chi connectivity index (χ0v) is 13.6. The number of carbonyl (C=O) groups is 1. The highest BCUT2D eigenvalue weighted by molar-refractivity contribution is 5.91. The number of hydrogen-bond acceptors (Lipinski definition) is 1. The third kappa shape index (κ3) is 3.63. The van der Waals surface area contributed by atoms with Crippen LogP contribution in [0.2, 0.25) is 0 Å². The number of hydrogen-bond donors (Lipinski definition) is 1. The third-order valence-corrected chi connectivity index (χ3v) is 3.98. The number of nitrogens with one attached hydrogen (secondary N) is 1. The van der Waals surface area contributed by atoms with Gasteiger partial charge in [-0.2, -0.15) is 0 Å². The lowest BCUT2D eigenvalue weighted by atomic mass is 9.99. The largest absolute Gasteiger partial charge is 0.327 e. The summed E-state index contributed by atoms with van der Waals surface area (Å²) < 4.78 is 0. The Balaban J connectivity index is 1.86. The van der Waals surface area contributed by atoms with Gasteiger partial charge < -0.3 is 5.32 Å². The van der Waals surface area contributed by atoms with Crippen molar-refractivity contribution in [3.8, 4) is 0 Å². The maximum absolute atomic E-state index is 12.7. The molecule has 0 unspecified atom stereocenters. The van der Waals surface area contributed by atoms with Crippen molar-refractivity contribution < 1.29 is 4.79 Å². The van der Waals surface area contributed by atoms with Crippen LogP contribution in [0, 0.1) is 0 Å². The molecule has 0 fully saturated rings. The number of carbonyl (C=O) groups excluding carboxylic acids is 1. The lowest BCUT2D eigenvalue weighted by Crippen LogP contribution is -2.39. The molecule has 0 spiro atoms. The molecule has 3 nitrogen and oxygen atoms in total. The minimum Gasteiger partial charge on any atom is -0.327 e. The molecule has 3 aromatic rings. The molecule has 3 rings (SSSR count). The summed E-state index contributed by atoms with van der Waals surface area (Å²) in [6.07, 6.45) is 0. The molecule has 0 atom stereocenters. The van der Waals surface area contributed by atoms with Crippen LogP contribution in [0.5, 0.6) is 0 Å². The third-order valence-electron chi connectivity index (χ3n) is 3.98. The Bertz CT molecular complexity index is 733. The fourth-order valence-electron chi connectivity index (χ4n) is 2.64. The van der Waals surface area contributed by atoms with E-state index in [-0.39, 0.29) is 12.1 Å². The van der Waals surface area contributed by atoms with Gasteiger partial charge in [-0.25, -0.2) is 4.79 Å². The molecule has 2 amide bonds. The number of para-hydroxylation sites is 1. The zero-order chi connectivity index (χ0) is 16.8. The fraction of sp³-hybridized carbons (Fsp3) is 0.0952. The summed E-state index contributed by atoms with van der Waals surface area (Å²) in [5.74, 6) is 0. The minimum absolute atomic E-state index is 0.140. The quantitative estimate of drug-likeness (QED) is 0.748. The molecule has 0 aromatic heterocycles. The first-order chi connectivity index (χ1) is 11.8. The Hall–Kier alpha value is -3.07. The summed E-state index contributed by atoms with van der Waals surface area (Å²) >= 11 is 0. The minimum atomic E-state index is -0.189. The summed E-state index contributed by atoms with van der Waals surface area (Å²) in [6, 6.07) is 29.3. The van der Waals surface area contributed by atoms with Crippen molar-refractivity contribution in [2.45, 2.75) is 6.04 Å². The Kier molecular flexibility index (Phi) is 4.92. The van der Waals surface area contributed by atoms with Crippen molar-refractivity contribution in [1.82, 2.24) is 5.32 Å². The van der Waals surface area contributed by atoms with Crippen molar-refractivity contribution in [3.63, 3.8) is 0 Å². The summed E-state index contributed by atoms with van der Waals surface area (Å²) in [4.78, 5) is 14.3. The van der Waals surface area contributed by atoms with Gasteiger partial charge in [0.05, 0.1) is 6.04 Å². The second-order valence-electron chi connectivity index (χ2n) is 5.60. The molecule has 3 aromatic carbocycles. The zero-order valence-electron chi connectivity index (χ0n) is 13.6. The van der Waals surface area contributed by atoms with E-state index in [1.54, 1.807) is 11.9 Å². The van der Waals surface area contributed by atoms with Crippen molar-refractivity contribution in [1.29, 1.82) is 0 Å². The standard InChI is InChI=1S/C21H20N2O/c1-23(19-15-9-4-10-16-19)21(24)22-20(17-11-5-2-6-12-17)18-13-7-3-8-14-18/h2-16,20H,1H3,(H,22,24). The number of rotatable bonds is 4. The van der Waals surface area contributed by atoms with Crippen molar-refractivity contribution in [2.24, 2.45) is 0 Å². The van der Waals surface area contributed by atoms with Gasteiger partial charge >= 0.3 is 6.03 Å². The second kappa shape index (κ2) is 7.47. The molecule has 0 radical (unpaired) electrons. The van der Waals surface area contributed by atoms with E-state index < -0.39 is 0 Å². The number of amides is 2. The van der Waals surface area contributed by atoms with Gasteiger partial charge in [0, 0.05) is 12.7 Å². The summed E-state index contributed by atoms with van der Waals surface area (Å²) in [7, 11) is 1.78. The maximum atomic E-state index is 12.7. The average Bonchev–Trinajstić information content (AvgIpc) is 2.67. The number of urea groups is 1. The molecule has 0 saturated carbocycles. The van der Waals surface area contributed by atoms with Gasteiger partial charge in [-0.05, 0) is 23.3 Å². The molecule has 0 saturated heterocycles. The van der Waals surface area contributed by atoms with Gasteiger partial charge in [0.25, 0.3) is 0 Å². The first-order valence-electron chi connectivity index (χ1n) is 7.95. The van der Waals surface area contributed by atoms with Crippen LogP contribution in [-0.2, 0) is 0 Å². The highest BCUT2D eigenvalue weighted by atomic mass is 16.2. The van der Waals surface area contributed by atoms with Gasteiger partial charge in [-0.15, -0.1) is 0 Å². The molecule has 120 valence electrons. The van der Waals surface area contributed by atoms with Crippen LogP contribution in [0.25, 0.3) is 0 Å². The molecule has 0 aliphatic rings. The molecule has 0 bridgehead atoms. The van der Waals surface area contributed by atoms with E-state index in [2.05, 4.69) is 5.32 Å². The number of anilines is 1. The Morgan fingerprint density at radius 2 is 1.17 bits per heavy atom. The molecule has 0 heterocycles. The highest BCUT2D eigenvalue weighted by Crippen LogP contribution is 2.22. The highest BCUT2D eigenvalue weighted by Gasteiger charge is 2.19. The average molecular weight is 316 g/mol. The SMILES string of the molecule is CN(C(=O)NC(c1ccccc1)c1ccccc1)c1ccccc1. The fourth-order valence-corrected chi connectivity index (χ4v) is 2.64. The molecule has 24 heavy (non-hydrogen) atoms. The molecular formula is C21H20N2O. The van der Waals surface area contributed by atoms with Crippen LogP contribution in [0.15, 0.2) is 91.0 Å². The molecule has 0 aliphatic heterocycles. The van der Waals surface area contributed by atoms with Crippen LogP contribution in [-0.4, -0.2) is 13.1 Å².